The van der Waals surface area contributed by atoms with E-state index in [1.807, 2.05) is 34.5 Å². The summed E-state index contributed by atoms with van der Waals surface area (Å²) in [6.45, 7) is 1.46. The van der Waals surface area contributed by atoms with E-state index in [0.29, 0.717) is 17.9 Å². The molecule has 146 valence electrons. The van der Waals surface area contributed by atoms with E-state index in [1.54, 1.807) is 29.7 Å². The molecule has 1 aliphatic heterocycles. The monoisotopic (exact) mass is 412 g/mol. The van der Waals surface area contributed by atoms with Gasteiger partial charge in [0.05, 0.1) is 46.2 Å². The van der Waals surface area contributed by atoms with Crippen LogP contribution in [-0.4, -0.2) is 32.8 Å². The molecule has 0 amide bonds. The molecule has 0 spiro atoms. The summed E-state index contributed by atoms with van der Waals surface area (Å²) >= 11 is 1.58. The first-order valence-corrected chi connectivity index (χ1v) is 10.2. The highest BCUT2D eigenvalue weighted by Crippen LogP contribution is 2.33. The Kier molecular flexibility index (Phi) is 4.40. The summed E-state index contributed by atoms with van der Waals surface area (Å²) in [7, 11) is 0. The predicted octanol–water partition coefficient (Wildman–Crippen LogP) is 3.38. The molecule has 0 atom stereocenters. The van der Waals surface area contributed by atoms with Crippen LogP contribution in [0.5, 0.6) is 0 Å². The molecule has 0 bridgehead atoms. The van der Waals surface area contributed by atoms with Gasteiger partial charge in [-0.25, -0.2) is 9.97 Å². The third kappa shape index (κ3) is 3.07. The summed E-state index contributed by atoms with van der Waals surface area (Å²) < 4.78 is 2.87. The van der Waals surface area contributed by atoms with Crippen LogP contribution in [0, 0.1) is 22.7 Å². The lowest BCUT2D eigenvalue weighted by Gasteiger charge is -2.41. The van der Waals surface area contributed by atoms with E-state index < -0.39 is 0 Å². The zero-order chi connectivity index (χ0) is 20.6. The van der Waals surface area contributed by atoms with Crippen LogP contribution in [0.3, 0.4) is 0 Å². The number of nitriles is 2. The lowest BCUT2D eigenvalue weighted by Crippen LogP contribution is -2.60. The number of nitrogens with zero attached hydrogens (tertiary/aromatic N) is 6. The largest absolute Gasteiger partial charge is 0.324 e. The Morgan fingerprint density at radius 2 is 2.00 bits per heavy atom. The van der Waals surface area contributed by atoms with Crippen molar-refractivity contribution in [3.8, 4) is 23.4 Å². The van der Waals surface area contributed by atoms with Crippen molar-refractivity contribution in [1.82, 2.24) is 25.1 Å². The predicted molar refractivity (Wildman–Crippen MR) is 114 cm³/mol. The molecule has 3 aromatic heterocycles. The Morgan fingerprint density at radius 1 is 1.17 bits per heavy atom. The molecule has 8 nitrogen and oxygen atoms in total. The Balaban J connectivity index is 1.52. The molecule has 1 fully saturated rings. The Hall–Kier alpha value is -3.79. The van der Waals surface area contributed by atoms with Gasteiger partial charge in [0.2, 0.25) is 5.95 Å². The third-order valence-electron chi connectivity index (χ3n) is 5.23. The average molecular weight is 412 g/mol. The van der Waals surface area contributed by atoms with E-state index in [-0.39, 0.29) is 5.54 Å². The van der Waals surface area contributed by atoms with Crippen molar-refractivity contribution in [2.24, 2.45) is 0 Å². The summed E-state index contributed by atoms with van der Waals surface area (Å²) in [5.41, 5.74) is 3.65. The second kappa shape index (κ2) is 7.23. The molecule has 1 aromatic carbocycles. The number of aromatic nitrogens is 4. The van der Waals surface area contributed by atoms with Crippen LogP contribution in [0.25, 0.3) is 21.5 Å². The number of fused-ring (bicyclic) bond motifs is 1. The number of hydrogen-bond donors (Lipinski definition) is 2. The lowest BCUT2D eigenvalue weighted by atomic mass is 9.89. The van der Waals surface area contributed by atoms with Crippen LogP contribution in [0.4, 0.5) is 11.6 Å². The number of rotatable bonds is 5. The van der Waals surface area contributed by atoms with E-state index in [1.165, 1.54) is 0 Å². The smallest absolute Gasteiger partial charge is 0.228 e. The molecule has 2 N–H and O–H groups in total. The fourth-order valence-electron chi connectivity index (χ4n) is 3.51. The van der Waals surface area contributed by atoms with Gasteiger partial charge in [-0.3, -0.25) is 4.68 Å². The van der Waals surface area contributed by atoms with Gasteiger partial charge in [-0.05, 0) is 35.7 Å². The Bertz CT molecular complexity index is 1300. The normalized spacial score (nSPS) is 14.6. The third-order valence-corrected chi connectivity index (χ3v) is 6.14. The molecular weight excluding hydrogens is 396 g/mol. The van der Waals surface area contributed by atoms with Crippen LogP contribution in [-0.2, 0) is 5.54 Å². The van der Waals surface area contributed by atoms with Crippen molar-refractivity contribution in [2.45, 2.75) is 12.0 Å². The van der Waals surface area contributed by atoms with Gasteiger partial charge in [-0.2, -0.15) is 15.6 Å². The van der Waals surface area contributed by atoms with Gasteiger partial charge in [-0.15, -0.1) is 11.3 Å². The molecule has 0 aliphatic carbocycles. The van der Waals surface area contributed by atoms with Gasteiger partial charge in [0.1, 0.15) is 5.54 Å². The highest BCUT2D eigenvalue weighted by Gasteiger charge is 2.39. The van der Waals surface area contributed by atoms with Crippen LogP contribution in [0.2, 0.25) is 0 Å². The Morgan fingerprint density at radius 3 is 2.70 bits per heavy atom. The molecule has 9 heteroatoms. The summed E-state index contributed by atoms with van der Waals surface area (Å²) in [4.78, 5) is 9.37. The number of hydrogen-bond acceptors (Lipinski definition) is 8. The Labute approximate surface area is 176 Å². The zero-order valence-electron chi connectivity index (χ0n) is 15.8. The van der Waals surface area contributed by atoms with Crippen molar-refractivity contribution >= 4 is 33.2 Å². The quantitative estimate of drug-likeness (QED) is 0.516. The first-order chi connectivity index (χ1) is 14.7. The second-order valence-corrected chi connectivity index (χ2v) is 8.10. The number of anilines is 2. The fraction of sp³-hybridized carbons (Fsp3) is 0.190. The van der Waals surface area contributed by atoms with Crippen molar-refractivity contribution in [1.29, 1.82) is 10.5 Å². The highest BCUT2D eigenvalue weighted by molar-refractivity contribution is 7.17. The molecule has 5 rings (SSSR count). The summed E-state index contributed by atoms with van der Waals surface area (Å²) in [6.07, 6.45) is 4.17. The van der Waals surface area contributed by atoms with E-state index in [2.05, 4.69) is 32.9 Å². The standard InChI is InChI=1S/C21H16N8S/c22-7-6-21(12-24-13-21)29-11-15(10-25-29)18-19-17(5-8-30-19)27-20(28-18)26-16-3-1-14(9-23)2-4-16/h1-5,8,10-11,24H,6,12-13H2,(H,26,27,28). The van der Waals surface area contributed by atoms with Gasteiger partial charge in [0.15, 0.2) is 0 Å². The summed E-state index contributed by atoms with van der Waals surface area (Å²) in [5.74, 6) is 0.477. The number of thiophene rings is 1. The van der Waals surface area contributed by atoms with Crippen LogP contribution in [0.1, 0.15) is 12.0 Å². The minimum atomic E-state index is -0.293. The molecule has 4 heterocycles. The van der Waals surface area contributed by atoms with Crippen LogP contribution >= 0.6 is 11.3 Å². The first-order valence-electron chi connectivity index (χ1n) is 9.36. The fourth-order valence-corrected chi connectivity index (χ4v) is 4.35. The van der Waals surface area contributed by atoms with Gasteiger partial charge in [0, 0.05) is 30.5 Å². The van der Waals surface area contributed by atoms with Gasteiger partial charge < -0.3 is 10.6 Å². The molecular formula is C21H16N8S. The van der Waals surface area contributed by atoms with Gasteiger partial charge in [0.25, 0.3) is 0 Å². The second-order valence-electron chi connectivity index (χ2n) is 7.18. The summed E-state index contributed by atoms with van der Waals surface area (Å²) in [6, 6.07) is 13.5. The van der Waals surface area contributed by atoms with E-state index in [0.717, 1.165) is 40.3 Å². The minimum absolute atomic E-state index is 0.293. The average Bonchev–Trinajstić information content (AvgIpc) is 3.40. The maximum absolute atomic E-state index is 9.21. The van der Waals surface area contributed by atoms with Gasteiger partial charge >= 0.3 is 0 Å². The number of benzene rings is 1. The van der Waals surface area contributed by atoms with Crippen LogP contribution < -0.4 is 10.6 Å². The summed E-state index contributed by atoms with van der Waals surface area (Å²) in [5, 5.41) is 31.2. The minimum Gasteiger partial charge on any atom is -0.324 e. The van der Waals surface area contributed by atoms with E-state index in [4.69, 9.17) is 10.2 Å². The molecule has 1 aliphatic rings. The zero-order valence-corrected chi connectivity index (χ0v) is 16.6. The van der Waals surface area contributed by atoms with Crippen molar-refractivity contribution in [2.75, 3.05) is 18.4 Å². The number of nitrogens with one attached hydrogen (secondary N) is 2. The lowest BCUT2D eigenvalue weighted by molar-refractivity contribution is 0.160. The SMILES string of the molecule is N#CCC1(n2cc(-c3nc(Nc4ccc(C#N)cc4)nc4ccsc34)cn2)CNC1. The maximum Gasteiger partial charge on any atom is 0.228 e. The highest BCUT2D eigenvalue weighted by atomic mass is 32.1. The topological polar surface area (TPSA) is 115 Å². The molecule has 0 saturated carbocycles. The molecule has 4 aromatic rings. The van der Waals surface area contributed by atoms with Gasteiger partial charge in [-0.1, -0.05) is 0 Å². The molecule has 30 heavy (non-hydrogen) atoms. The van der Waals surface area contributed by atoms with Crippen molar-refractivity contribution < 1.29 is 0 Å². The van der Waals surface area contributed by atoms with Crippen molar-refractivity contribution in [3.63, 3.8) is 0 Å². The molecule has 0 unspecified atom stereocenters. The van der Waals surface area contributed by atoms with Crippen LogP contribution in [0.15, 0.2) is 48.1 Å². The van der Waals surface area contributed by atoms with Crippen molar-refractivity contribution in [3.05, 3.63) is 53.7 Å². The maximum atomic E-state index is 9.21. The molecule has 1 saturated heterocycles. The first kappa shape index (κ1) is 18.3. The van der Waals surface area contributed by atoms with E-state index in [9.17, 15) is 5.26 Å². The molecule has 0 radical (unpaired) electrons. The van der Waals surface area contributed by atoms with E-state index >= 15 is 0 Å².